The number of fused-ring (bicyclic) bond motifs is 2. The number of nitrogens with one attached hydrogen (secondary N) is 2. The Kier molecular flexibility index (Phi) is 8.08. The molecule has 2 heterocycles. The van der Waals surface area contributed by atoms with E-state index < -0.39 is 21.3 Å². The molecule has 0 amide bonds. The predicted molar refractivity (Wildman–Crippen MR) is 130 cm³/mol. The van der Waals surface area contributed by atoms with E-state index in [2.05, 4.69) is 34.5 Å². The molecule has 4 aliphatic rings. The van der Waals surface area contributed by atoms with E-state index in [4.69, 9.17) is 11.5 Å². The molecule has 6 atom stereocenters. The van der Waals surface area contributed by atoms with E-state index in [1.807, 2.05) is 0 Å². The van der Waals surface area contributed by atoms with E-state index in [1.165, 1.54) is 0 Å². The summed E-state index contributed by atoms with van der Waals surface area (Å²) in [5.74, 6) is 0. The largest absolute Gasteiger partial charge is 0.378 e. The summed E-state index contributed by atoms with van der Waals surface area (Å²) in [6, 6.07) is 0.470. The quantitative estimate of drug-likeness (QED) is 0.251. The van der Waals surface area contributed by atoms with Crippen molar-refractivity contribution in [3.63, 3.8) is 0 Å². The molecule has 184 valence electrons. The molecule has 0 aromatic heterocycles. The second-order valence-electron chi connectivity index (χ2n) is 9.09. The maximum absolute atomic E-state index is 10.4. The van der Waals surface area contributed by atoms with E-state index in [9.17, 15) is 20.4 Å². The summed E-state index contributed by atoms with van der Waals surface area (Å²) in [6.45, 7) is 6.07. The highest BCUT2D eigenvalue weighted by atomic mass is 32.2. The monoisotopic (exact) mass is 490 g/mol. The number of amidine groups is 2. The number of hydrogen-bond donors (Lipinski definition) is 8. The van der Waals surface area contributed by atoms with Crippen LogP contribution >= 0.6 is 23.5 Å². The molecule has 32 heavy (non-hydrogen) atoms. The summed E-state index contributed by atoms with van der Waals surface area (Å²) < 4.78 is 0. The second kappa shape index (κ2) is 9.95. The lowest BCUT2D eigenvalue weighted by atomic mass is 9.85. The molecule has 10 N–H and O–H groups in total. The van der Waals surface area contributed by atoms with Crippen LogP contribution in [-0.4, -0.2) is 77.3 Å². The first-order chi connectivity index (χ1) is 15.0. The van der Waals surface area contributed by atoms with Gasteiger partial charge in [0.2, 0.25) is 0 Å². The third-order valence-corrected chi connectivity index (χ3v) is 8.75. The smallest absolute Gasteiger partial charge is 0.197 e. The van der Waals surface area contributed by atoms with Gasteiger partial charge in [-0.1, -0.05) is 13.8 Å². The van der Waals surface area contributed by atoms with Crippen molar-refractivity contribution in [2.75, 3.05) is 13.1 Å². The van der Waals surface area contributed by atoms with Gasteiger partial charge in [-0.3, -0.25) is 0 Å². The van der Waals surface area contributed by atoms with Crippen molar-refractivity contribution >= 4 is 33.9 Å². The Balaban J connectivity index is 0.000000181. The zero-order valence-electron chi connectivity index (χ0n) is 18.9. The molecular weight excluding hydrogens is 452 g/mol. The topological polar surface area (TPSA) is 182 Å². The SMILES string of the molecule is CCCNC1CCC2(O)N=C(N)SC2(O)C1.CCCNC1CC[C@@]2(O)N=C(N)S[C@@]2(O)C1. The minimum absolute atomic E-state index is 0.235. The van der Waals surface area contributed by atoms with Crippen molar-refractivity contribution < 1.29 is 20.4 Å². The fourth-order valence-electron chi connectivity index (χ4n) is 4.68. The number of nitrogens with two attached hydrogens (primary N) is 2. The van der Waals surface area contributed by atoms with Gasteiger partial charge in [-0.2, -0.15) is 0 Å². The van der Waals surface area contributed by atoms with E-state index in [0.29, 0.717) is 25.7 Å². The van der Waals surface area contributed by atoms with E-state index in [-0.39, 0.29) is 22.4 Å². The van der Waals surface area contributed by atoms with Crippen LogP contribution in [0.25, 0.3) is 0 Å². The molecule has 2 saturated carbocycles. The number of aliphatic imine (C=N–C) groups is 2. The Morgan fingerprint density at radius 1 is 0.812 bits per heavy atom. The van der Waals surface area contributed by atoms with Crippen LogP contribution in [0, 0.1) is 0 Å². The summed E-state index contributed by atoms with van der Waals surface area (Å²) in [7, 11) is 0. The molecule has 2 aliphatic carbocycles. The first kappa shape index (κ1) is 26.0. The summed E-state index contributed by atoms with van der Waals surface area (Å²) >= 11 is 2.16. The van der Waals surface area contributed by atoms with Gasteiger partial charge in [-0.15, -0.1) is 0 Å². The van der Waals surface area contributed by atoms with Gasteiger partial charge in [0.1, 0.15) is 0 Å². The molecule has 12 heteroatoms. The van der Waals surface area contributed by atoms with Crippen molar-refractivity contribution in [1.82, 2.24) is 10.6 Å². The maximum Gasteiger partial charge on any atom is 0.197 e. The molecule has 2 fully saturated rings. The third-order valence-electron chi connectivity index (χ3n) is 6.48. The highest BCUT2D eigenvalue weighted by Crippen LogP contribution is 2.51. The number of rotatable bonds is 6. The molecule has 0 bridgehead atoms. The standard InChI is InChI=1S/2C10H19N3O2S/c2*1-2-5-12-7-3-4-9(14)10(15,6-7)16-8(11)13-9/h2*7,12,14-15H,2-6H2,1H3,(H2,11,13)/t7?,9-,10-;/m0./s1. The van der Waals surface area contributed by atoms with Crippen LogP contribution in [0.5, 0.6) is 0 Å². The van der Waals surface area contributed by atoms with Crippen LogP contribution in [0.15, 0.2) is 9.98 Å². The zero-order chi connectivity index (χ0) is 23.6. The van der Waals surface area contributed by atoms with Crippen molar-refractivity contribution in [2.24, 2.45) is 21.5 Å². The Morgan fingerprint density at radius 3 is 1.53 bits per heavy atom. The van der Waals surface area contributed by atoms with Crippen LogP contribution in [0.2, 0.25) is 0 Å². The fraction of sp³-hybridized carbons (Fsp3) is 0.900. The lowest BCUT2D eigenvalue weighted by Gasteiger charge is -2.42. The van der Waals surface area contributed by atoms with Crippen LogP contribution in [0.1, 0.15) is 65.2 Å². The maximum atomic E-state index is 10.4. The highest BCUT2D eigenvalue weighted by molar-refractivity contribution is 8.15. The molecule has 2 aliphatic heterocycles. The average molecular weight is 491 g/mol. The Bertz CT molecular complexity index is 685. The molecule has 0 aromatic rings. The summed E-state index contributed by atoms with van der Waals surface area (Å²) in [5.41, 5.74) is 8.40. The second-order valence-corrected chi connectivity index (χ2v) is 11.7. The minimum atomic E-state index is -1.38. The first-order valence-corrected chi connectivity index (χ1v) is 13.1. The third kappa shape index (κ3) is 5.22. The van der Waals surface area contributed by atoms with Crippen LogP contribution in [0.4, 0.5) is 0 Å². The van der Waals surface area contributed by atoms with Gasteiger partial charge in [0.25, 0.3) is 0 Å². The van der Waals surface area contributed by atoms with Crippen molar-refractivity contribution in [3.05, 3.63) is 0 Å². The summed E-state index contributed by atoms with van der Waals surface area (Å²) in [6.07, 6.45) is 5.64. The van der Waals surface area contributed by atoms with Crippen molar-refractivity contribution in [2.45, 2.75) is 98.6 Å². The molecular formula is C20H38N6O4S2. The predicted octanol–water partition coefficient (Wildman–Crippen LogP) is -0.0456. The molecule has 10 nitrogen and oxygen atoms in total. The summed E-state index contributed by atoms with van der Waals surface area (Å²) in [4.78, 5) is 5.43. The summed E-state index contributed by atoms with van der Waals surface area (Å²) in [5, 5.41) is 48.5. The molecule has 0 aromatic carbocycles. The van der Waals surface area contributed by atoms with Gasteiger partial charge in [-0.25, -0.2) is 9.98 Å². The van der Waals surface area contributed by atoms with Crippen molar-refractivity contribution in [3.8, 4) is 0 Å². The van der Waals surface area contributed by atoms with Gasteiger partial charge in [0.15, 0.2) is 31.7 Å². The number of thioether (sulfide) groups is 2. The molecule has 0 spiro atoms. The van der Waals surface area contributed by atoms with Crippen LogP contribution in [0.3, 0.4) is 0 Å². The molecule has 0 saturated heterocycles. The Hall–Kier alpha value is -0.600. The molecule has 4 unspecified atom stereocenters. The Morgan fingerprint density at radius 2 is 1.19 bits per heavy atom. The lowest BCUT2D eigenvalue weighted by molar-refractivity contribution is -0.117. The lowest BCUT2D eigenvalue weighted by Crippen LogP contribution is -2.56. The van der Waals surface area contributed by atoms with Crippen LogP contribution < -0.4 is 22.1 Å². The minimum Gasteiger partial charge on any atom is -0.378 e. The van der Waals surface area contributed by atoms with E-state index in [0.717, 1.165) is 62.3 Å². The molecule has 4 rings (SSSR count). The number of hydrogen-bond acceptors (Lipinski definition) is 12. The number of aliphatic hydroxyl groups is 4. The van der Waals surface area contributed by atoms with Gasteiger partial charge in [-0.05, 0) is 62.3 Å². The van der Waals surface area contributed by atoms with Crippen LogP contribution in [-0.2, 0) is 0 Å². The highest BCUT2D eigenvalue weighted by Gasteiger charge is 2.59. The average Bonchev–Trinajstić information content (AvgIpc) is 3.09. The fourth-order valence-corrected chi connectivity index (χ4v) is 6.95. The number of nitrogens with zero attached hydrogens (tertiary/aromatic N) is 2. The van der Waals surface area contributed by atoms with E-state index >= 15 is 0 Å². The van der Waals surface area contributed by atoms with Gasteiger partial charge in [0, 0.05) is 37.8 Å². The normalized spacial score (nSPS) is 42.9. The first-order valence-electron chi connectivity index (χ1n) is 11.4. The molecule has 0 radical (unpaired) electrons. The van der Waals surface area contributed by atoms with E-state index in [1.54, 1.807) is 0 Å². The van der Waals surface area contributed by atoms with Gasteiger partial charge >= 0.3 is 0 Å². The van der Waals surface area contributed by atoms with Gasteiger partial charge < -0.3 is 42.5 Å². The van der Waals surface area contributed by atoms with Crippen molar-refractivity contribution in [1.29, 1.82) is 0 Å². The van der Waals surface area contributed by atoms with Gasteiger partial charge in [0.05, 0.1) is 0 Å². The Labute approximate surface area is 198 Å². The zero-order valence-corrected chi connectivity index (χ0v) is 20.5.